The van der Waals surface area contributed by atoms with Gasteiger partial charge in [0.15, 0.2) is 13.2 Å². The van der Waals surface area contributed by atoms with E-state index in [9.17, 15) is 14.4 Å². The van der Waals surface area contributed by atoms with Crippen LogP contribution in [0.3, 0.4) is 0 Å². The highest BCUT2D eigenvalue weighted by molar-refractivity contribution is 14.1. The van der Waals surface area contributed by atoms with Gasteiger partial charge in [-0.05, 0) is 71.1 Å². The number of ether oxygens (including phenoxy) is 2. The van der Waals surface area contributed by atoms with Crippen molar-refractivity contribution in [2.75, 3.05) is 18.5 Å². The van der Waals surface area contributed by atoms with Crippen molar-refractivity contribution < 1.29 is 23.9 Å². The number of anilines is 1. The number of benzene rings is 2. The summed E-state index contributed by atoms with van der Waals surface area (Å²) in [7, 11) is 0. The van der Waals surface area contributed by atoms with Crippen LogP contribution in [-0.2, 0) is 14.3 Å². The van der Waals surface area contributed by atoms with Crippen molar-refractivity contribution in [2.24, 2.45) is 5.73 Å². The second-order valence-electron chi connectivity index (χ2n) is 4.89. The first-order valence-corrected chi connectivity index (χ1v) is 8.25. The summed E-state index contributed by atoms with van der Waals surface area (Å²) >= 11 is 2.16. The lowest BCUT2D eigenvalue weighted by atomic mass is 10.2. The molecule has 0 aromatic heterocycles. The van der Waals surface area contributed by atoms with Gasteiger partial charge in [-0.3, -0.25) is 9.59 Å². The SMILES string of the molecule is NC(=O)c1ccc(NC(=O)COC(=O)COc2ccc(I)cc2)cc1. The van der Waals surface area contributed by atoms with Crippen LogP contribution in [0.5, 0.6) is 5.75 Å². The summed E-state index contributed by atoms with van der Waals surface area (Å²) in [6.07, 6.45) is 0. The lowest BCUT2D eigenvalue weighted by molar-refractivity contribution is -0.149. The number of hydrogen-bond donors (Lipinski definition) is 2. The Kier molecular flexibility index (Phi) is 6.75. The van der Waals surface area contributed by atoms with Gasteiger partial charge < -0.3 is 20.5 Å². The molecule has 0 aliphatic rings. The molecule has 2 amide bonds. The van der Waals surface area contributed by atoms with Gasteiger partial charge in [-0.15, -0.1) is 0 Å². The lowest BCUT2D eigenvalue weighted by Crippen LogP contribution is -2.23. The second kappa shape index (κ2) is 9.02. The maximum Gasteiger partial charge on any atom is 0.344 e. The standard InChI is InChI=1S/C17H15IN2O5/c18-12-3-7-14(8-4-12)24-10-16(22)25-9-15(21)20-13-5-1-11(2-6-13)17(19)23/h1-8H,9-10H2,(H2,19,23)(H,20,21). The van der Waals surface area contributed by atoms with Crippen LogP contribution >= 0.6 is 22.6 Å². The number of hydrogen-bond acceptors (Lipinski definition) is 5. The second-order valence-corrected chi connectivity index (χ2v) is 6.14. The molecule has 3 N–H and O–H groups in total. The fourth-order valence-electron chi connectivity index (χ4n) is 1.78. The first kappa shape index (κ1) is 18.7. The van der Waals surface area contributed by atoms with E-state index in [-0.39, 0.29) is 6.61 Å². The predicted molar refractivity (Wildman–Crippen MR) is 99.2 cm³/mol. The topological polar surface area (TPSA) is 108 Å². The maximum absolute atomic E-state index is 11.7. The number of nitrogens with one attached hydrogen (secondary N) is 1. The molecule has 130 valence electrons. The number of nitrogens with two attached hydrogens (primary N) is 1. The van der Waals surface area contributed by atoms with E-state index in [1.165, 1.54) is 24.3 Å². The molecule has 25 heavy (non-hydrogen) atoms. The molecule has 2 aromatic carbocycles. The van der Waals surface area contributed by atoms with Gasteiger partial charge in [0, 0.05) is 14.8 Å². The third-order valence-electron chi connectivity index (χ3n) is 2.99. The van der Waals surface area contributed by atoms with E-state index in [0.717, 1.165) is 3.57 Å². The quantitative estimate of drug-likeness (QED) is 0.492. The minimum Gasteiger partial charge on any atom is -0.482 e. The van der Waals surface area contributed by atoms with Crippen molar-refractivity contribution in [3.63, 3.8) is 0 Å². The number of halogens is 1. The average Bonchev–Trinajstić information content (AvgIpc) is 2.60. The lowest BCUT2D eigenvalue weighted by Gasteiger charge is -2.08. The van der Waals surface area contributed by atoms with E-state index < -0.39 is 24.4 Å². The Balaban J connectivity index is 1.72. The van der Waals surface area contributed by atoms with Crippen LogP contribution in [0.15, 0.2) is 48.5 Å². The molecule has 0 aliphatic carbocycles. The van der Waals surface area contributed by atoms with Crippen LogP contribution in [0.1, 0.15) is 10.4 Å². The Bertz CT molecular complexity index is 760. The molecule has 0 unspecified atom stereocenters. The van der Waals surface area contributed by atoms with E-state index in [0.29, 0.717) is 17.0 Å². The van der Waals surface area contributed by atoms with Gasteiger partial charge in [0.05, 0.1) is 0 Å². The van der Waals surface area contributed by atoms with E-state index in [4.69, 9.17) is 15.2 Å². The molecule has 2 aromatic rings. The zero-order chi connectivity index (χ0) is 18.2. The largest absolute Gasteiger partial charge is 0.482 e. The van der Waals surface area contributed by atoms with Gasteiger partial charge in [-0.1, -0.05) is 0 Å². The normalized spacial score (nSPS) is 9.96. The molecule has 0 fully saturated rings. The van der Waals surface area contributed by atoms with Crippen LogP contribution < -0.4 is 15.8 Å². The smallest absolute Gasteiger partial charge is 0.344 e. The number of rotatable bonds is 7. The molecule has 0 aliphatic heterocycles. The summed E-state index contributed by atoms with van der Waals surface area (Å²) < 4.78 is 11.1. The van der Waals surface area contributed by atoms with E-state index in [1.807, 2.05) is 12.1 Å². The van der Waals surface area contributed by atoms with Crippen LogP contribution in [0.2, 0.25) is 0 Å². The summed E-state index contributed by atoms with van der Waals surface area (Å²) in [5.74, 6) is -1.18. The number of esters is 1. The fourth-order valence-corrected chi connectivity index (χ4v) is 2.14. The summed E-state index contributed by atoms with van der Waals surface area (Å²) in [6, 6.07) is 13.2. The van der Waals surface area contributed by atoms with Gasteiger partial charge in [0.25, 0.3) is 5.91 Å². The molecule has 2 rings (SSSR count). The molecule has 0 radical (unpaired) electrons. The Morgan fingerprint density at radius 2 is 1.60 bits per heavy atom. The summed E-state index contributed by atoms with van der Waals surface area (Å²) in [5, 5.41) is 2.53. The summed E-state index contributed by atoms with van der Waals surface area (Å²) in [4.78, 5) is 34.3. The van der Waals surface area contributed by atoms with Crippen molar-refractivity contribution in [3.8, 4) is 5.75 Å². The Hall–Kier alpha value is -2.62. The summed E-state index contributed by atoms with van der Waals surface area (Å²) in [6.45, 7) is -0.729. The summed E-state index contributed by atoms with van der Waals surface area (Å²) in [5.41, 5.74) is 5.92. The fraction of sp³-hybridized carbons (Fsp3) is 0.118. The third kappa shape index (κ3) is 6.42. The molecular formula is C17H15IN2O5. The van der Waals surface area contributed by atoms with E-state index in [1.54, 1.807) is 12.1 Å². The van der Waals surface area contributed by atoms with E-state index in [2.05, 4.69) is 27.9 Å². The zero-order valence-corrected chi connectivity index (χ0v) is 15.2. The van der Waals surface area contributed by atoms with Crippen LogP contribution in [0.25, 0.3) is 0 Å². The van der Waals surface area contributed by atoms with Gasteiger partial charge in [0.1, 0.15) is 5.75 Å². The minimum atomic E-state index is -0.655. The monoisotopic (exact) mass is 454 g/mol. The molecule has 0 bridgehead atoms. The molecule has 8 heteroatoms. The average molecular weight is 454 g/mol. The molecule has 0 atom stereocenters. The maximum atomic E-state index is 11.7. The molecule has 0 saturated heterocycles. The molecular weight excluding hydrogens is 439 g/mol. The highest BCUT2D eigenvalue weighted by atomic mass is 127. The predicted octanol–water partition coefficient (Wildman–Crippen LogP) is 1.95. The van der Waals surface area contributed by atoms with Gasteiger partial charge in [-0.2, -0.15) is 0 Å². The Morgan fingerprint density at radius 3 is 2.20 bits per heavy atom. The molecule has 0 saturated carbocycles. The Morgan fingerprint density at radius 1 is 0.960 bits per heavy atom. The van der Waals surface area contributed by atoms with Crippen LogP contribution in [0.4, 0.5) is 5.69 Å². The third-order valence-corrected chi connectivity index (χ3v) is 3.71. The Labute approximate surface area is 157 Å². The van der Waals surface area contributed by atoms with Crippen LogP contribution in [-0.4, -0.2) is 31.0 Å². The molecule has 0 spiro atoms. The molecule has 0 heterocycles. The number of amides is 2. The van der Waals surface area contributed by atoms with E-state index >= 15 is 0 Å². The van der Waals surface area contributed by atoms with Gasteiger partial charge >= 0.3 is 5.97 Å². The van der Waals surface area contributed by atoms with Crippen molar-refractivity contribution in [1.82, 2.24) is 0 Å². The van der Waals surface area contributed by atoms with Crippen molar-refractivity contribution in [2.45, 2.75) is 0 Å². The van der Waals surface area contributed by atoms with Crippen LogP contribution in [0, 0.1) is 3.57 Å². The van der Waals surface area contributed by atoms with Gasteiger partial charge in [0.2, 0.25) is 5.91 Å². The number of carbonyl (C=O) groups excluding carboxylic acids is 3. The zero-order valence-electron chi connectivity index (χ0n) is 13.0. The van der Waals surface area contributed by atoms with Crippen molar-refractivity contribution in [1.29, 1.82) is 0 Å². The number of carbonyl (C=O) groups is 3. The van der Waals surface area contributed by atoms with Gasteiger partial charge in [-0.25, -0.2) is 4.79 Å². The molecule has 7 nitrogen and oxygen atoms in total. The van der Waals surface area contributed by atoms with Crippen molar-refractivity contribution >= 4 is 46.1 Å². The van der Waals surface area contributed by atoms with Crippen molar-refractivity contribution in [3.05, 3.63) is 57.7 Å². The minimum absolute atomic E-state index is 0.290. The first-order valence-electron chi connectivity index (χ1n) is 7.18. The highest BCUT2D eigenvalue weighted by Gasteiger charge is 2.09. The number of primary amides is 1. The highest BCUT2D eigenvalue weighted by Crippen LogP contribution is 2.13. The first-order chi connectivity index (χ1) is 11.9.